The maximum Gasteiger partial charge on any atom is 0.125 e. The first kappa shape index (κ1) is 13.4. The molecule has 0 aliphatic carbocycles. The molecule has 2 rings (SSSR count). The van der Waals surface area contributed by atoms with Crippen LogP contribution in [0.15, 0.2) is 48.5 Å². The Morgan fingerprint density at radius 2 is 1.74 bits per heavy atom. The maximum atomic E-state index is 6.10. The summed E-state index contributed by atoms with van der Waals surface area (Å²) in [5, 5.41) is 0. The van der Waals surface area contributed by atoms with E-state index in [0.717, 1.165) is 22.7 Å². The summed E-state index contributed by atoms with van der Waals surface area (Å²) in [5.41, 5.74) is 9.32. The number of hydrogen-bond donors (Lipinski definition) is 1. The fraction of sp³-hybridized carbons (Fsp3) is 0.250. The van der Waals surface area contributed by atoms with Gasteiger partial charge in [0.25, 0.3) is 0 Å². The van der Waals surface area contributed by atoms with Crippen molar-refractivity contribution in [3.05, 3.63) is 54.1 Å². The lowest BCUT2D eigenvalue weighted by molar-refractivity contribution is 0.407. The Morgan fingerprint density at radius 3 is 2.32 bits per heavy atom. The van der Waals surface area contributed by atoms with Crippen LogP contribution in [-0.2, 0) is 0 Å². The fourth-order valence-electron chi connectivity index (χ4n) is 2.25. The number of ether oxygens (including phenoxy) is 1. The molecular weight excluding hydrogens is 236 g/mol. The second-order valence-corrected chi connectivity index (χ2v) is 4.58. The number of nitrogens with zero attached hydrogens (tertiary/aromatic N) is 1. The van der Waals surface area contributed by atoms with Crippen LogP contribution in [0.3, 0.4) is 0 Å². The van der Waals surface area contributed by atoms with Crippen molar-refractivity contribution >= 4 is 11.4 Å². The summed E-state index contributed by atoms with van der Waals surface area (Å²) in [6.45, 7) is 1.97. The number of para-hydroxylation sites is 1. The predicted molar refractivity (Wildman–Crippen MR) is 80.1 cm³/mol. The van der Waals surface area contributed by atoms with Crippen LogP contribution in [-0.4, -0.2) is 14.2 Å². The Labute approximate surface area is 114 Å². The number of hydrogen-bond acceptors (Lipinski definition) is 3. The summed E-state index contributed by atoms with van der Waals surface area (Å²) in [6.07, 6.45) is 0. The zero-order chi connectivity index (χ0) is 13.8. The van der Waals surface area contributed by atoms with E-state index in [2.05, 4.69) is 23.1 Å². The van der Waals surface area contributed by atoms with Crippen molar-refractivity contribution in [3.63, 3.8) is 0 Å². The molecule has 3 heteroatoms. The van der Waals surface area contributed by atoms with E-state index in [1.807, 2.05) is 44.3 Å². The molecule has 2 N–H and O–H groups in total. The van der Waals surface area contributed by atoms with Gasteiger partial charge < -0.3 is 15.4 Å². The van der Waals surface area contributed by atoms with E-state index < -0.39 is 0 Å². The van der Waals surface area contributed by atoms with Crippen molar-refractivity contribution < 1.29 is 4.74 Å². The normalized spacial score (nSPS) is 12.0. The molecule has 0 saturated carbocycles. The van der Waals surface area contributed by atoms with Crippen molar-refractivity contribution in [1.82, 2.24) is 0 Å². The SMILES string of the molecule is COc1cccc(N(C)c2ccccc2)c1C(C)N. The highest BCUT2D eigenvalue weighted by atomic mass is 16.5. The van der Waals surface area contributed by atoms with Crippen LogP contribution in [0.25, 0.3) is 0 Å². The van der Waals surface area contributed by atoms with Gasteiger partial charge >= 0.3 is 0 Å². The van der Waals surface area contributed by atoms with Crippen LogP contribution in [0.1, 0.15) is 18.5 Å². The quantitative estimate of drug-likeness (QED) is 0.910. The molecule has 0 heterocycles. The smallest absolute Gasteiger partial charge is 0.125 e. The predicted octanol–water partition coefficient (Wildman–Crippen LogP) is 3.48. The molecule has 0 aromatic heterocycles. The number of rotatable bonds is 4. The summed E-state index contributed by atoms with van der Waals surface area (Å²) in [7, 11) is 3.71. The van der Waals surface area contributed by atoms with Gasteiger partial charge in [0.1, 0.15) is 5.75 Å². The molecule has 0 aliphatic rings. The second-order valence-electron chi connectivity index (χ2n) is 4.58. The first-order chi connectivity index (χ1) is 9.15. The van der Waals surface area contributed by atoms with Crippen molar-refractivity contribution in [2.75, 3.05) is 19.1 Å². The van der Waals surface area contributed by atoms with Crippen LogP contribution in [0.5, 0.6) is 5.75 Å². The third-order valence-electron chi connectivity index (χ3n) is 3.22. The Bertz CT molecular complexity index is 538. The molecule has 0 bridgehead atoms. The molecule has 1 unspecified atom stereocenters. The molecule has 100 valence electrons. The van der Waals surface area contributed by atoms with Gasteiger partial charge in [-0.25, -0.2) is 0 Å². The minimum Gasteiger partial charge on any atom is -0.496 e. The van der Waals surface area contributed by atoms with Crippen LogP contribution in [0, 0.1) is 0 Å². The zero-order valence-electron chi connectivity index (χ0n) is 11.6. The van der Waals surface area contributed by atoms with Gasteiger partial charge in [-0.2, -0.15) is 0 Å². The van der Waals surface area contributed by atoms with Crippen LogP contribution < -0.4 is 15.4 Å². The molecule has 0 amide bonds. The highest BCUT2D eigenvalue weighted by Crippen LogP contribution is 2.36. The monoisotopic (exact) mass is 256 g/mol. The molecule has 19 heavy (non-hydrogen) atoms. The topological polar surface area (TPSA) is 38.5 Å². The van der Waals surface area contributed by atoms with Gasteiger partial charge in [0.05, 0.1) is 7.11 Å². The lowest BCUT2D eigenvalue weighted by atomic mass is 10.0. The third-order valence-corrected chi connectivity index (χ3v) is 3.22. The lowest BCUT2D eigenvalue weighted by Gasteiger charge is -2.25. The van der Waals surface area contributed by atoms with Gasteiger partial charge in [0.15, 0.2) is 0 Å². The van der Waals surface area contributed by atoms with Crippen LogP contribution in [0.4, 0.5) is 11.4 Å². The molecule has 0 spiro atoms. The first-order valence-electron chi connectivity index (χ1n) is 6.36. The lowest BCUT2D eigenvalue weighted by Crippen LogP contribution is -2.16. The van der Waals surface area contributed by atoms with Crippen molar-refractivity contribution in [3.8, 4) is 5.75 Å². The molecule has 2 aromatic carbocycles. The number of nitrogens with two attached hydrogens (primary N) is 1. The van der Waals surface area contributed by atoms with E-state index in [1.54, 1.807) is 7.11 Å². The highest BCUT2D eigenvalue weighted by molar-refractivity contribution is 5.69. The Morgan fingerprint density at radius 1 is 1.05 bits per heavy atom. The fourth-order valence-corrected chi connectivity index (χ4v) is 2.25. The summed E-state index contributed by atoms with van der Waals surface area (Å²) < 4.78 is 5.43. The maximum absolute atomic E-state index is 6.10. The highest BCUT2D eigenvalue weighted by Gasteiger charge is 2.16. The molecule has 0 aliphatic heterocycles. The first-order valence-corrected chi connectivity index (χ1v) is 6.36. The summed E-state index contributed by atoms with van der Waals surface area (Å²) in [5.74, 6) is 0.829. The van der Waals surface area contributed by atoms with Crippen molar-refractivity contribution in [1.29, 1.82) is 0 Å². The minimum absolute atomic E-state index is 0.0858. The van der Waals surface area contributed by atoms with E-state index in [1.165, 1.54) is 0 Å². The molecule has 3 nitrogen and oxygen atoms in total. The van der Waals surface area contributed by atoms with Gasteiger partial charge in [-0.05, 0) is 31.2 Å². The number of benzene rings is 2. The van der Waals surface area contributed by atoms with E-state index in [-0.39, 0.29) is 6.04 Å². The average Bonchev–Trinajstić information content (AvgIpc) is 2.46. The second kappa shape index (κ2) is 5.76. The van der Waals surface area contributed by atoms with Crippen molar-refractivity contribution in [2.24, 2.45) is 5.73 Å². The average molecular weight is 256 g/mol. The molecule has 0 radical (unpaired) electrons. The number of methoxy groups -OCH3 is 1. The third kappa shape index (κ3) is 2.71. The summed E-state index contributed by atoms with van der Waals surface area (Å²) in [6, 6.07) is 16.1. The van der Waals surface area contributed by atoms with Gasteiger partial charge in [-0.15, -0.1) is 0 Å². The van der Waals surface area contributed by atoms with Gasteiger partial charge in [-0.1, -0.05) is 24.3 Å². The molecule has 0 fully saturated rings. The van der Waals surface area contributed by atoms with Gasteiger partial charge in [-0.3, -0.25) is 0 Å². The summed E-state index contributed by atoms with van der Waals surface area (Å²) in [4.78, 5) is 2.13. The molecule has 1 atom stereocenters. The standard InChI is InChI=1S/C16H20N2O/c1-12(17)16-14(10-7-11-15(16)19-3)18(2)13-8-5-4-6-9-13/h4-12H,17H2,1-3H3. The van der Waals surface area contributed by atoms with Gasteiger partial charge in [0, 0.05) is 30.0 Å². The molecular formula is C16H20N2O. The van der Waals surface area contributed by atoms with E-state index >= 15 is 0 Å². The van der Waals surface area contributed by atoms with E-state index in [4.69, 9.17) is 10.5 Å². The van der Waals surface area contributed by atoms with E-state index in [9.17, 15) is 0 Å². The van der Waals surface area contributed by atoms with Crippen LogP contribution >= 0.6 is 0 Å². The summed E-state index contributed by atoms with van der Waals surface area (Å²) >= 11 is 0. The largest absolute Gasteiger partial charge is 0.496 e. The zero-order valence-corrected chi connectivity index (χ0v) is 11.6. The van der Waals surface area contributed by atoms with Gasteiger partial charge in [0.2, 0.25) is 0 Å². The van der Waals surface area contributed by atoms with E-state index in [0.29, 0.717) is 0 Å². The molecule has 0 saturated heterocycles. The van der Waals surface area contributed by atoms with Crippen molar-refractivity contribution in [2.45, 2.75) is 13.0 Å². The Hall–Kier alpha value is -2.00. The number of anilines is 2. The minimum atomic E-state index is -0.0858. The molecule has 2 aromatic rings. The Kier molecular flexibility index (Phi) is 4.07. The Balaban J connectivity index is 2.50. The van der Waals surface area contributed by atoms with Crippen LogP contribution in [0.2, 0.25) is 0 Å².